The van der Waals surface area contributed by atoms with Crippen LogP contribution in [0.15, 0.2) is 59.3 Å². The number of ether oxygens (including phenoxy) is 2. The van der Waals surface area contributed by atoms with Crippen molar-refractivity contribution in [3.63, 3.8) is 0 Å². The van der Waals surface area contributed by atoms with Gasteiger partial charge in [-0.2, -0.15) is 14.6 Å². The Hall–Kier alpha value is -3.02. The van der Waals surface area contributed by atoms with Gasteiger partial charge < -0.3 is 9.47 Å². The lowest BCUT2D eigenvalue weighted by Gasteiger charge is -2.05. The van der Waals surface area contributed by atoms with Gasteiger partial charge in [0.25, 0.3) is 0 Å². The second-order valence-corrected chi connectivity index (χ2v) is 4.87. The van der Waals surface area contributed by atoms with Gasteiger partial charge in [-0.05, 0) is 48.9 Å². The highest BCUT2D eigenvalue weighted by molar-refractivity contribution is 5.83. The lowest BCUT2D eigenvalue weighted by Crippen LogP contribution is -2.00. The van der Waals surface area contributed by atoms with E-state index in [0.29, 0.717) is 12.4 Å². The van der Waals surface area contributed by atoms with Crippen molar-refractivity contribution in [1.82, 2.24) is 0 Å². The average Bonchev–Trinajstić information content (AvgIpc) is 2.63. The predicted molar refractivity (Wildman–Crippen MR) is 94.8 cm³/mol. The van der Waals surface area contributed by atoms with Crippen LogP contribution in [-0.4, -0.2) is 25.6 Å². The lowest BCUT2D eigenvalue weighted by molar-refractivity contribution is 0.314. The fraction of sp³-hybridized carbons (Fsp3) is 0.158. The van der Waals surface area contributed by atoms with Crippen molar-refractivity contribution in [1.29, 1.82) is 0 Å². The molecule has 0 aromatic heterocycles. The number of benzene rings is 2. The van der Waals surface area contributed by atoms with Crippen LogP contribution in [0.2, 0.25) is 0 Å². The van der Waals surface area contributed by atoms with E-state index in [-0.39, 0.29) is 17.9 Å². The minimum atomic E-state index is -1.04. The van der Waals surface area contributed by atoms with Gasteiger partial charge in [0.05, 0.1) is 19.0 Å². The highest BCUT2D eigenvalue weighted by atomic mass is 19.2. The summed E-state index contributed by atoms with van der Waals surface area (Å²) in [5.41, 5.74) is 0.785. The van der Waals surface area contributed by atoms with Gasteiger partial charge >= 0.3 is 0 Å². The molecule has 0 aliphatic heterocycles. The summed E-state index contributed by atoms with van der Waals surface area (Å²) in [5, 5.41) is 7.56. The van der Waals surface area contributed by atoms with Gasteiger partial charge in [0.2, 0.25) is 5.82 Å². The molecule has 0 unspecified atom stereocenters. The first-order valence-corrected chi connectivity index (χ1v) is 7.66. The highest BCUT2D eigenvalue weighted by Crippen LogP contribution is 2.21. The molecule has 0 amide bonds. The maximum atomic E-state index is 13.9. The van der Waals surface area contributed by atoms with Crippen LogP contribution >= 0.6 is 0 Å². The van der Waals surface area contributed by atoms with Crippen molar-refractivity contribution < 1.29 is 18.3 Å². The average molecular weight is 344 g/mol. The molecule has 0 radical (unpaired) electrons. The van der Waals surface area contributed by atoms with E-state index >= 15 is 0 Å². The Morgan fingerprint density at radius 2 is 1.68 bits per heavy atom. The first-order valence-electron chi connectivity index (χ1n) is 7.66. The van der Waals surface area contributed by atoms with Crippen molar-refractivity contribution in [2.75, 3.05) is 13.2 Å². The third-order valence-corrected chi connectivity index (χ3v) is 3.09. The summed E-state index contributed by atoms with van der Waals surface area (Å²) in [6.07, 6.45) is 4.30. The molecule has 0 heterocycles. The fourth-order valence-electron chi connectivity index (χ4n) is 1.91. The molecule has 0 saturated carbocycles. The van der Waals surface area contributed by atoms with E-state index in [1.54, 1.807) is 37.3 Å². The van der Waals surface area contributed by atoms with Crippen molar-refractivity contribution in [3.8, 4) is 11.5 Å². The molecule has 0 fully saturated rings. The molecule has 4 nitrogen and oxygen atoms in total. The summed E-state index contributed by atoms with van der Waals surface area (Å²) in [5.74, 6) is -1.47. The summed E-state index contributed by atoms with van der Waals surface area (Å²) in [6, 6.07) is 9.92. The van der Waals surface area contributed by atoms with Crippen LogP contribution in [0.25, 0.3) is 0 Å². The molecule has 0 spiro atoms. The molecule has 0 aliphatic rings. The summed E-state index contributed by atoms with van der Waals surface area (Å²) in [7, 11) is 0. The molecular formula is C19H18F2N2O2. The molecule has 6 heteroatoms. The standard InChI is InChI=1S/C19H18F2N2O2/c1-3-11-25-16-8-5-14(6-9-16)12-22-23-13-15-7-10-17(24-4-2)19(21)18(15)20/h3,5-10,12-13H,1,4,11H2,2H3. The monoisotopic (exact) mass is 344 g/mol. The van der Waals surface area contributed by atoms with E-state index in [9.17, 15) is 8.78 Å². The zero-order valence-corrected chi connectivity index (χ0v) is 13.8. The molecule has 2 aromatic carbocycles. The number of hydrogen-bond donors (Lipinski definition) is 0. The molecule has 0 N–H and O–H groups in total. The van der Waals surface area contributed by atoms with Crippen LogP contribution < -0.4 is 9.47 Å². The van der Waals surface area contributed by atoms with Gasteiger partial charge in [-0.25, -0.2) is 4.39 Å². The maximum Gasteiger partial charge on any atom is 0.201 e. The zero-order valence-electron chi connectivity index (χ0n) is 13.8. The smallest absolute Gasteiger partial charge is 0.201 e. The van der Waals surface area contributed by atoms with E-state index < -0.39 is 11.6 Å². The largest absolute Gasteiger partial charge is 0.491 e. The second kappa shape index (κ2) is 9.32. The van der Waals surface area contributed by atoms with E-state index in [0.717, 1.165) is 11.8 Å². The molecule has 0 bridgehead atoms. The number of nitrogens with zero attached hydrogens (tertiary/aromatic N) is 2. The molecule has 0 aliphatic carbocycles. The van der Waals surface area contributed by atoms with Crippen LogP contribution in [0.5, 0.6) is 11.5 Å². The van der Waals surface area contributed by atoms with E-state index in [2.05, 4.69) is 16.8 Å². The van der Waals surface area contributed by atoms with Crippen LogP contribution in [0.1, 0.15) is 18.1 Å². The highest BCUT2D eigenvalue weighted by Gasteiger charge is 2.12. The molecule has 0 saturated heterocycles. The Kier molecular flexibility index (Phi) is 6.83. The lowest BCUT2D eigenvalue weighted by atomic mass is 10.2. The maximum absolute atomic E-state index is 13.9. The normalized spacial score (nSPS) is 11.2. The van der Waals surface area contributed by atoms with Crippen molar-refractivity contribution in [3.05, 3.63) is 71.8 Å². The van der Waals surface area contributed by atoms with E-state index in [4.69, 9.17) is 9.47 Å². The molecule has 0 atom stereocenters. The third kappa shape index (κ3) is 5.24. The third-order valence-electron chi connectivity index (χ3n) is 3.09. The first kappa shape index (κ1) is 18.3. The van der Waals surface area contributed by atoms with Gasteiger partial charge in [-0.1, -0.05) is 12.7 Å². The molecule has 25 heavy (non-hydrogen) atoms. The summed E-state index contributed by atoms with van der Waals surface area (Å²) < 4.78 is 37.9. The number of rotatable bonds is 8. The van der Waals surface area contributed by atoms with Gasteiger partial charge in [0.1, 0.15) is 12.4 Å². The molecular weight excluding hydrogens is 326 g/mol. The van der Waals surface area contributed by atoms with Crippen molar-refractivity contribution >= 4 is 12.4 Å². The van der Waals surface area contributed by atoms with Gasteiger partial charge in [0, 0.05) is 5.56 Å². The van der Waals surface area contributed by atoms with Crippen LogP contribution in [0.3, 0.4) is 0 Å². The second-order valence-electron chi connectivity index (χ2n) is 4.87. The van der Waals surface area contributed by atoms with Crippen molar-refractivity contribution in [2.45, 2.75) is 6.92 Å². The van der Waals surface area contributed by atoms with Crippen LogP contribution in [0, 0.1) is 11.6 Å². The Morgan fingerprint density at radius 3 is 2.36 bits per heavy atom. The Balaban J connectivity index is 2.01. The number of halogens is 2. The minimum Gasteiger partial charge on any atom is -0.491 e. The van der Waals surface area contributed by atoms with E-state index in [1.807, 2.05) is 0 Å². The fourth-order valence-corrected chi connectivity index (χ4v) is 1.91. The van der Waals surface area contributed by atoms with Gasteiger partial charge in [0.15, 0.2) is 11.6 Å². The zero-order chi connectivity index (χ0) is 18.1. The minimum absolute atomic E-state index is 0.00808. The number of hydrogen-bond acceptors (Lipinski definition) is 4. The predicted octanol–water partition coefficient (Wildman–Crippen LogP) is 4.38. The quantitative estimate of drug-likeness (QED) is 0.405. The summed E-state index contributed by atoms with van der Waals surface area (Å²) >= 11 is 0. The van der Waals surface area contributed by atoms with Crippen molar-refractivity contribution in [2.24, 2.45) is 10.2 Å². The Bertz CT molecular complexity index is 772. The Morgan fingerprint density at radius 1 is 0.960 bits per heavy atom. The Labute approximate surface area is 145 Å². The molecule has 2 aromatic rings. The van der Waals surface area contributed by atoms with Gasteiger partial charge in [-0.3, -0.25) is 0 Å². The topological polar surface area (TPSA) is 43.2 Å². The first-order chi connectivity index (χ1) is 12.2. The SMILES string of the molecule is C=CCOc1ccc(C=NN=Cc2ccc(OCC)c(F)c2F)cc1. The summed E-state index contributed by atoms with van der Waals surface area (Å²) in [4.78, 5) is 0. The molecule has 130 valence electrons. The van der Waals surface area contributed by atoms with Crippen LogP contribution in [0.4, 0.5) is 8.78 Å². The summed E-state index contributed by atoms with van der Waals surface area (Å²) in [6.45, 7) is 5.96. The molecule has 2 rings (SSSR count). The van der Waals surface area contributed by atoms with Gasteiger partial charge in [-0.15, -0.1) is 0 Å². The van der Waals surface area contributed by atoms with E-state index in [1.165, 1.54) is 18.3 Å². The van der Waals surface area contributed by atoms with Crippen LogP contribution in [-0.2, 0) is 0 Å².